The number of nitrogens with one attached hydrogen (secondary N) is 1. The van der Waals surface area contributed by atoms with Crippen LogP contribution in [0.15, 0.2) is 53.3 Å². The molecule has 1 unspecified atom stereocenters. The SMILES string of the molecule is CC(C)(C)c1ccc(C(=O)NC(Cc2ccc(-c3ncc(Br)cn3)cc2)C(=O)N2CCCC2)s1. The molecule has 1 saturated heterocycles. The maximum absolute atomic E-state index is 13.3. The first kappa shape index (κ1) is 24.5. The van der Waals surface area contributed by atoms with Crippen LogP contribution in [0.3, 0.4) is 0 Å². The minimum atomic E-state index is -0.611. The zero-order valence-corrected chi connectivity index (χ0v) is 22.1. The zero-order chi connectivity index (χ0) is 24.3. The maximum atomic E-state index is 13.3. The van der Waals surface area contributed by atoms with E-state index < -0.39 is 6.04 Å². The Morgan fingerprint density at radius 3 is 2.29 bits per heavy atom. The summed E-state index contributed by atoms with van der Waals surface area (Å²) in [5, 5.41) is 3.03. The molecule has 0 aliphatic carbocycles. The van der Waals surface area contributed by atoms with Crippen LogP contribution >= 0.6 is 27.3 Å². The molecule has 178 valence electrons. The van der Waals surface area contributed by atoms with E-state index in [1.54, 1.807) is 12.4 Å². The Labute approximate surface area is 212 Å². The Bertz CT molecular complexity index is 1150. The highest BCUT2D eigenvalue weighted by Gasteiger charge is 2.29. The molecule has 1 aromatic carbocycles. The molecular weight excluding hydrogens is 512 g/mol. The average molecular weight is 542 g/mol. The lowest BCUT2D eigenvalue weighted by Crippen LogP contribution is -2.48. The summed E-state index contributed by atoms with van der Waals surface area (Å²) in [5.41, 5.74) is 1.85. The van der Waals surface area contributed by atoms with Gasteiger partial charge in [-0.15, -0.1) is 11.3 Å². The standard InChI is InChI=1S/C26H29BrN4O2S/c1-26(2,3)22-11-10-21(34-22)24(32)30-20(25(33)31-12-4-5-13-31)14-17-6-8-18(9-7-17)23-28-15-19(27)16-29-23/h6-11,15-16,20H,4-5,12-14H2,1-3H3,(H,30,32). The number of rotatable bonds is 6. The highest BCUT2D eigenvalue weighted by Crippen LogP contribution is 2.29. The smallest absolute Gasteiger partial charge is 0.262 e. The molecule has 1 N–H and O–H groups in total. The number of benzene rings is 1. The van der Waals surface area contributed by atoms with Gasteiger partial charge < -0.3 is 10.2 Å². The van der Waals surface area contributed by atoms with Gasteiger partial charge >= 0.3 is 0 Å². The van der Waals surface area contributed by atoms with Crippen molar-refractivity contribution in [1.82, 2.24) is 20.2 Å². The second-order valence-electron chi connectivity index (χ2n) is 9.60. The number of thiophene rings is 1. The Balaban J connectivity index is 1.51. The molecule has 0 spiro atoms. The number of hydrogen-bond donors (Lipinski definition) is 1. The number of nitrogens with zero attached hydrogens (tertiary/aromatic N) is 3. The summed E-state index contributed by atoms with van der Waals surface area (Å²) in [6.45, 7) is 7.88. The molecule has 4 rings (SSSR count). The van der Waals surface area contributed by atoms with E-state index >= 15 is 0 Å². The van der Waals surface area contributed by atoms with Gasteiger partial charge in [0.05, 0.1) is 9.35 Å². The summed E-state index contributed by atoms with van der Waals surface area (Å²) in [5.74, 6) is 0.428. The number of likely N-dealkylation sites (tertiary alicyclic amines) is 1. The molecule has 1 fully saturated rings. The van der Waals surface area contributed by atoms with Crippen molar-refractivity contribution in [3.05, 3.63) is 68.6 Å². The highest BCUT2D eigenvalue weighted by molar-refractivity contribution is 9.10. The van der Waals surface area contributed by atoms with Crippen LogP contribution in [0, 0.1) is 0 Å². The second kappa shape index (κ2) is 10.4. The van der Waals surface area contributed by atoms with E-state index in [0.29, 0.717) is 17.1 Å². The van der Waals surface area contributed by atoms with Gasteiger partial charge in [0, 0.05) is 42.3 Å². The van der Waals surface area contributed by atoms with E-state index in [4.69, 9.17) is 0 Å². The lowest BCUT2D eigenvalue weighted by Gasteiger charge is -2.24. The summed E-state index contributed by atoms with van der Waals surface area (Å²) < 4.78 is 0.826. The van der Waals surface area contributed by atoms with Crippen LogP contribution in [0.4, 0.5) is 0 Å². The average Bonchev–Trinajstić information content (AvgIpc) is 3.52. The lowest BCUT2D eigenvalue weighted by molar-refractivity contribution is -0.132. The number of aromatic nitrogens is 2. The molecule has 8 heteroatoms. The van der Waals surface area contributed by atoms with Gasteiger partial charge in [-0.1, -0.05) is 45.0 Å². The van der Waals surface area contributed by atoms with Crippen LogP contribution in [0.5, 0.6) is 0 Å². The molecule has 3 aromatic rings. The highest BCUT2D eigenvalue weighted by atomic mass is 79.9. The molecule has 0 bridgehead atoms. The first-order chi connectivity index (χ1) is 16.2. The quantitative estimate of drug-likeness (QED) is 0.464. The van der Waals surface area contributed by atoms with Gasteiger partial charge in [0.1, 0.15) is 6.04 Å². The molecular formula is C26H29BrN4O2S. The summed E-state index contributed by atoms with van der Waals surface area (Å²) in [6.07, 6.45) is 5.88. The predicted octanol–water partition coefficient (Wildman–Crippen LogP) is 5.23. The zero-order valence-electron chi connectivity index (χ0n) is 19.7. The first-order valence-electron chi connectivity index (χ1n) is 11.5. The number of carbonyl (C=O) groups excluding carboxylic acids is 2. The molecule has 2 aromatic heterocycles. The van der Waals surface area contributed by atoms with Crippen molar-refractivity contribution in [1.29, 1.82) is 0 Å². The van der Waals surface area contributed by atoms with Crippen molar-refractivity contribution in [2.45, 2.75) is 51.5 Å². The summed E-state index contributed by atoms with van der Waals surface area (Å²) in [7, 11) is 0. The molecule has 1 atom stereocenters. The third-order valence-corrected chi connectivity index (χ3v) is 7.78. The minimum Gasteiger partial charge on any atom is -0.341 e. The van der Waals surface area contributed by atoms with Crippen LogP contribution in [0.25, 0.3) is 11.4 Å². The minimum absolute atomic E-state index is 0.0150. The maximum Gasteiger partial charge on any atom is 0.262 e. The van der Waals surface area contributed by atoms with Crippen molar-refractivity contribution in [2.24, 2.45) is 0 Å². The fraction of sp³-hybridized carbons (Fsp3) is 0.385. The van der Waals surface area contributed by atoms with Gasteiger partial charge in [-0.05, 0) is 51.9 Å². The van der Waals surface area contributed by atoms with Gasteiger partial charge in [0.15, 0.2) is 5.82 Å². The van der Waals surface area contributed by atoms with Gasteiger partial charge in [-0.3, -0.25) is 9.59 Å². The normalized spacial score (nSPS) is 14.8. The summed E-state index contributed by atoms with van der Waals surface area (Å²) in [6, 6.07) is 11.1. The van der Waals surface area contributed by atoms with Gasteiger partial charge in [0.25, 0.3) is 5.91 Å². The van der Waals surface area contributed by atoms with Crippen LogP contribution in [-0.2, 0) is 16.6 Å². The van der Waals surface area contributed by atoms with Gasteiger partial charge in [-0.2, -0.15) is 0 Å². The Morgan fingerprint density at radius 2 is 1.71 bits per heavy atom. The van der Waals surface area contributed by atoms with E-state index in [9.17, 15) is 9.59 Å². The third kappa shape index (κ3) is 5.91. The van der Waals surface area contributed by atoms with E-state index in [1.807, 2.05) is 41.3 Å². The van der Waals surface area contributed by atoms with Crippen molar-refractivity contribution in [2.75, 3.05) is 13.1 Å². The number of hydrogen-bond acceptors (Lipinski definition) is 5. The van der Waals surface area contributed by atoms with Crippen molar-refractivity contribution < 1.29 is 9.59 Å². The van der Waals surface area contributed by atoms with E-state index in [-0.39, 0.29) is 17.2 Å². The second-order valence-corrected chi connectivity index (χ2v) is 11.6. The monoisotopic (exact) mass is 540 g/mol. The number of carbonyl (C=O) groups is 2. The number of halogens is 1. The van der Waals surface area contributed by atoms with Crippen LogP contribution in [-0.4, -0.2) is 45.8 Å². The molecule has 0 saturated carbocycles. The van der Waals surface area contributed by atoms with E-state index in [1.165, 1.54) is 11.3 Å². The van der Waals surface area contributed by atoms with Crippen molar-refractivity contribution >= 4 is 39.1 Å². The van der Waals surface area contributed by atoms with Crippen LogP contribution < -0.4 is 5.32 Å². The molecule has 34 heavy (non-hydrogen) atoms. The van der Waals surface area contributed by atoms with Crippen molar-refractivity contribution in [3.8, 4) is 11.4 Å². The van der Waals surface area contributed by atoms with E-state index in [2.05, 4.69) is 52.0 Å². The first-order valence-corrected chi connectivity index (χ1v) is 13.1. The van der Waals surface area contributed by atoms with Crippen LogP contribution in [0.2, 0.25) is 0 Å². The largest absolute Gasteiger partial charge is 0.341 e. The lowest BCUT2D eigenvalue weighted by atomic mass is 9.95. The summed E-state index contributed by atoms with van der Waals surface area (Å²) >= 11 is 4.84. The fourth-order valence-electron chi connectivity index (χ4n) is 3.94. The van der Waals surface area contributed by atoms with Crippen LogP contribution in [0.1, 0.15) is 53.7 Å². The Kier molecular flexibility index (Phi) is 7.48. The number of amides is 2. The molecule has 0 radical (unpaired) electrons. The Morgan fingerprint density at radius 1 is 1.06 bits per heavy atom. The molecule has 2 amide bonds. The molecule has 3 heterocycles. The third-order valence-electron chi connectivity index (χ3n) is 5.86. The molecule has 6 nitrogen and oxygen atoms in total. The summed E-state index contributed by atoms with van der Waals surface area (Å²) in [4.78, 5) is 38.7. The van der Waals surface area contributed by atoms with Gasteiger partial charge in [-0.25, -0.2) is 9.97 Å². The molecule has 1 aliphatic rings. The van der Waals surface area contributed by atoms with Crippen molar-refractivity contribution in [3.63, 3.8) is 0 Å². The fourth-order valence-corrected chi connectivity index (χ4v) is 5.11. The van der Waals surface area contributed by atoms with Gasteiger partial charge in [0.2, 0.25) is 5.91 Å². The van der Waals surface area contributed by atoms with E-state index in [0.717, 1.165) is 46.4 Å². The Hall–Kier alpha value is -2.58. The molecule has 1 aliphatic heterocycles. The predicted molar refractivity (Wildman–Crippen MR) is 139 cm³/mol. The topological polar surface area (TPSA) is 75.2 Å².